The van der Waals surface area contributed by atoms with Crippen molar-refractivity contribution in [3.05, 3.63) is 22.3 Å². The number of carbonyl (C=O) groups excluding carboxylic acids is 3. The normalized spacial score (nSPS) is 45.2. The summed E-state index contributed by atoms with van der Waals surface area (Å²) in [5.41, 5.74) is 0.570. The predicted molar refractivity (Wildman–Crippen MR) is 100 cm³/mol. The SMILES string of the molecule is CC(=O)OC1C2=C(C(=O)C(O)C3(CC3C)C2=O)C2(C)CCC(C)=C(C)C2C1O. The molecule has 6 nitrogen and oxygen atoms in total. The van der Waals surface area contributed by atoms with Gasteiger partial charge in [0.25, 0.3) is 0 Å². The molecule has 1 fully saturated rings. The van der Waals surface area contributed by atoms with Gasteiger partial charge in [-0.15, -0.1) is 0 Å². The molecule has 4 aliphatic rings. The summed E-state index contributed by atoms with van der Waals surface area (Å²) in [6.45, 7) is 8.88. The molecule has 152 valence electrons. The Morgan fingerprint density at radius 1 is 1.21 bits per heavy atom. The van der Waals surface area contributed by atoms with Gasteiger partial charge >= 0.3 is 5.97 Å². The van der Waals surface area contributed by atoms with Gasteiger partial charge < -0.3 is 14.9 Å². The standard InChI is InChI=1S/C22H28O6/c1-9-6-7-21(5)14(11(9)3)16(24)18(28-12(4)23)13-15(21)17(25)20(27)22(19(13)26)8-10(22)2/h10,14,16,18,20,24,27H,6-8H2,1-5H3. The monoisotopic (exact) mass is 388 g/mol. The Kier molecular flexibility index (Phi) is 4.09. The molecule has 0 heterocycles. The maximum absolute atomic E-state index is 13.5. The van der Waals surface area contributed by atoms with Crippen LogP contribution in [0.5, 0.6) is 0 Å². The van der Waals surface area contributed by atoms with Crippen LogP contribution in [0.4, 0.5) is 0 Å². The van der Waals surface area contributed by atoms with Gasteiger partial charge in [0.15, 0.2) is 17.7 Å². The lowest BCUT2D eigenvalue weighted by molar-refractivity contribution is -0.159. The number of aliphatic hydroxyl groups is 2. The number of ketones is 2. The molecule has 0 aromatic carbocycles. The minimum atomic E-state index is -1.37. The van der Waals surface area contributed by atoms with Gasteiger partial charge in [-0.2, -0.15) is 0 Å². The van der Waals surface area contributed by atoms with Crippen molar-refractivity contribution in [1.29, 1.82) is 0 Å². The van der Waals surface area contributed by atoms with Gasteiger partial charge in [-0.05, 0) is 39.0 Å². The van der Waals surface area contributed by atoms with Gasteiger partial charge in [-0.25, -0.2) is 0 Å². The van der Waals surface area contributed by atoms with Crippen LogP contribution in [0.15, 0.2) is 22.3 Å². The first kappa shape index (κ1) is 19.5. The summed E-state index contributed by atoms with van der Waals surface area (Å²) in [5, 5.41) is 22.1. The zero-order chi connectivity index (χ0) is 20.8. The van der Waals surface area contributed by atoms with E-state index in [-0.39, 0.29) is 22.8 Å². The number of rotatable bonds is 1. The van der Waals surface area contributed by atoms with Crippen molar-refractivity contribution in [3.63, 3.8) is 0 Å². The van der Waals surface area contributed by atoms with Gasteiger partial charge in [0.1, 0.15) is 12.2 Å². The number of carbonyl (C=O) groups is 3. The molecule has 0 aromatic heterocycles. The lowest BCUT2D eigenvalue weighted by Crippen LogP contribution is -2.60. The Balaban J connectivity index is 1.99. The first-order valence-electron chi connectivity index (χ1n) is 10.0. The Morgan fingerprint density at radius 3 is 2.36 bits per heavy atom. The molecule has 0 aliphatic heterocycles. The summed E-state index contributed by atoms with van der Waals surface area (Å²) in [7, 11) is 0. The number of fused-ring (bicyclic) bond motifs is 2. The summed E-state index contributed by atoms with van der Waals surface area (Å²) < 4.78 is 5.44. The van der Waals surface area contributed by atoms with E-state index in [4.69, 9.17) is 4.74 Å². The maximum atomic E-state index is 13.5. The molecule has 0 radical (unpaired) electrons. The lowest BCUT2D eigenvalue weighted by Gasteiger charge is -2.54. The van der Waals surface area contributed by atoms with Crippen LogP contribution >= 0.6 is 0 Å². The molecule has 1 spiro atoms. The predicted octanol–water partition coefficient (Wildman–Crippen LogP) is 1.88. The number of aliphatic hydroxyl groups excluding tert-OH is 2. The van der Waals surface area contributed by atoms with Crippen molar-refractivity contribution < 1.29 is 29.3 Å². The van der Waals surface area contributed by atoms with Gasteiger partial charge in [0.2, 0.25) is 0 Å². The van der Waals surface area contributed by atoms with Crippen LogP contribution in [-0.4, -0.2) is 46.1 Å². The van der Waals surface area contributed by atoms with Crippen LogP contribution in [0.25, 0.3) is 0 Å². The third-order valence-electron chi connectivity index (χ3n) is 7.93. The highest BCUT2D eigenvalue weighted by Crippen LogP contribution is 2.64. The van der Waals surface area contributed by atoms with E-state index < -0.39 is 46.8 Å². The molecule has 0 amide bonds. The summed E-state index contributed by atoms with van der Waals surface area (Å²) in [4.78, 5) is 38.7. The van der Waals surface area contributed by atoms with E-state index in [2.05, 4.69) is 0 Å². The van der Waals surface area contributed by atoms with Crippen LogP contribution in [0, 0.1) is 22.7 Å². The van der Waals surface area contributed by atoms with Crippen LogP contribution < -0.4 is 0 Å². The fraction of sp³-hybridized carbons (Fsp3) is 0.682. The van der Waals surface area contributed by atoms with Crippen molar-refractivity contribution in [2.75, 3.05) is 0 Å². The average molecular weight is 388 g/mol. The Hall–Kier alpha value is -1.79. The number of allylic oxidation sites excluding steroid dienone is 1. The second kappa shape index (κ2) is 5.86. The lowest BCUT2D eigenvalue weighted by atomic mass is 9.51. The van der Waals surface area contributed by atoms with E-state index in [1.807, 2.05) is 27.7 Å². The third-order valence-corrected chi connectivity index (χ3v) is 7.93. The Labute approximate surface area is 164 Å². The quantitative estimate of drug-likeness (QED) is 0.525. The average Bonchev–Trinajstić information content (AvgIpc) is 3.29. The van der Waals surface area contributed by atoms with Gasteiger partial charge in [-0.1, -0.05) is 25.0 Å². The minimum absolute atomic E-state index is 0.119. The van der Waals surface area contributed by atoms with Crippen LogP contribution in [-0.2, 0) is 19.1 Å². The van der Waals surface area contributed by atoms with E-state index in [1.54, 1.807) is 0 Å². The minimum Gasteiger partial charge on any atom is -0.455 e. The molecule has 7 unspecified atom stereocenters. The highest BCUT2D eigenvalue weighted by atomic mass is 16.6. The van der Waals surface area contributed by atoms with E-state index in [0.717, 1.165) is 17.6 Å². The molecule has 1 saturated carbocycles. The smallest absolute Gasteiger partial charge is 0.303 e. The zero-order valence-corrected chi connectivity index (χ0v) is 17.0. The van der Waals surface area contributed by atoms with Crippen molar-refractivity contribution in [2.24, 2.45) is 22.7 Å². The molecular formula is C22H28O6. The van der Waals surface area contributed by atoms with E-state index in [0.29, 0.717) is 12.8 Å². The molecule has 28 heavy (non-hydrogen) atoms. The summed E-state index contributed by atoms with van der Waals surface area (Å²) in [5.74, 6) is -1.96. The number of Topliss-reactive ketones (excluding diaryl/α,β-unsaturated/α-hetero) is 2. The zero-order valence-electron chi connectivity index (χ0n) is 17.0. The number of hydrogen-bond donors (Lipinski definition) is 2. The summed E-state index contributed by atoms with van der Waals surface area (Å²) in [6.07, 6.45) is -1.89. The van der Waals surface area contributed by atoms with Crippen LogP contribution in [0.1, 0.15) is 53.9 Å². The fourth-order valence-corrected chi connectivity index (χ4v) is 6.11. The molecule has 4 rings (SSSR count). The first-order chi connectivity index (χ1) is 13.0. The largest absolute Gasteiger partial charge is 0.455 e. The first-order valence-corrected chi connectivity index (χ1v) is 10.0. The molecule has 0 aromatic rings. The molecule has 4 aliphatic carbocycles. The molecule has 2 N–H and O–H groups in total. The van der Waals surface area contributed by atoms with Crippen LogP contribution in [0.3, 0.4) is 0 Å². The van der Waals surface area contributed by atoms with E-state index in [1.165, 1.54) is 6.92 Å². The number of esters is 1. The molecule has 0 saturated heterocycles. The highest BCUT2D eigenvalue weighted by Gasteiger charge is 2.71. The highest BCUT2D eigenvalue weighted by molar-refractivity contribution is 6.19. The number of ether oxygens (including phenoxy) is 1. The summed E-state index contributed by atoms with van der Waals surface area (Å²) in [6, 6.07) is 0. The van der Waals surface area contributed by atoms with E-state index in [9.17, 15) is 24.6 Å². The van der Waals surface area contributed by atoms with Gasteiger partial charge in [0, 0.05) is 29.4 Å². The van der Waals surface area contributed by atoms with Crippen molar-refractivity contribution in [1.82, 2.24) is 0 Å². The number of hydrogen-bond acceptors (Lipinski definition) is 6. The molecule has 6 heteroatoms. The fourth-order valence-electron chi connectivity index (χ4n) is 6.11. The van der Waals surface area contributed by atoms with Crippen LogP contribution in [0.2, 0.25) is 0 Å². The second-order valence-corrected chi connectivity index (χ2v) is 9.41. The third kappa shape index (κ3) is 2.19. The van der Waals surface area contributed by atoms with Crippen molar-refractivity contribution >= 4 is 17.5 Å². The van der Waals surface area contributed by atoms with Gasteiger partial charge in [0.05, 0.1) is 5.41 Å². The van der Waals surface area contributed by atoms with Crippen molar-refractivity contribution in [3.8, 4) is 0 Å². The van der Waals surface area contributed by atoms with Crippen molar-refractivity contribution in [2.45, 2.75) is 72.2 Å². The molecular weight excluding hydrogens is 360 g/mol. The second-order valence-electron chi connectivity index (χ2n) is 9.41. The molecule has 0 bridgehead atoms. The van der Waals surface area contributed by atoms with Gasteiger partial charge in [-0.3, -0.25) is 14.4 Å². The Bertz CT molecular complexity index is 866. The maximum Gasteiger partial charge on any atom is 0.303 e. The topological polar surface area (TPSA) is 101 Å². The van der Waals surface area contributed by atoms with E-state index >= 15 is 0 Å². The summed E-state index contributed by atoms with van der Waals surface area (Å²) >= 11 is 0. The molecule has 7 atom stereocenters. The Morgan fingerprint density at radius 2 is 1.82 bits per heavy atom.